The van der Waals surface area contributed by atoms with Crippen LogP contribution in [0.25, 0.3) is 0 Å². The highest BCUT2D eigenvalue weighted by Crippen LogP contribution is 2.43. The van der Waals surface area contributed by atoms with Crippen LogP contribution in [-0.2, 0) is 13.0 Å². The Balaban J connectivity index is 1.88. The molecule has 2 aromatic carbocycles. The van der Waals surface area contributed by atoms with Gasteiger partial charge in [0.2, 0.25) is 0 Å². The van der Waals surface area contributed by atoms with Crippen molar-refractivity contribution < 1.29 is 9.47 Å². The van der Waals surface area contributed by atoms with Gasteiger partial charge in [-0.15, -0.1) is 0 Å². The average molecular weight is 375 g/mol. The third-order valence-corrected chi connectivity index (χ3v) is 5.14. The summed E-state index contributed by atoms with van der Waals surface area (Å²) in [5, 5.41) is 0.972. The van der Waals surface area contributed by atoms with Crippen molar-refractivity contribution in [1.82, 2.24) is 0 Å². The van der Waals surface area contributed by atoms with E-state index in [1.165, 1.54) is 27.8 Å². The second-order valence-electron chi connectivity index (χ2n) is 6.21. The van der Waals surface area contributed by atoms with Crippen molar-refractivity contribution in [2.45, 2.75) is 46.3 Å². The van der Waals surface area contributed by atoms with Crippen LogP contribution in [0.15, 0.2) is 30.3 Å². The SMILES string of the molecule is Cc1c(C)c2c(c(C)c1OCc1ccccc1)CC(CCBr)O2. The Morgan fingerprint density at radius 3 is 2.52 bits per heavy atom. The molecule has 0 fully saturated rings. The summed E-state index contributed by atoms with van der Waals surface area (Å²) in [6, 6.07) is 10.3. The summed E-state index contributed by atoms with van der Waals surface area (Å²) in [4.78, 5) is 0. The lowest BCUT2D eigenvalue weighted by molar-refractivity contribution is 0.228. The van der Waals surface area contributed by atoms with Crippen LogP contribution in [0.4, 0.5) is 0 Å². The number of ether oxygens (including phenoxy) is 2. The molecule has 0 N–H and O–H groups in total. The number of rotatable bonds is 5. The summed E-state index contributed by atoms with van der Waals surface area (Å²) in [6.45, 7) is 7.03. The monoisotopic (exact) mass is 374 g/mol. The fourth-order valence-corrected chi connectivity index (χ4v) is 3.74. The highest BCUT2D eigenvalue weighted by atomic mass is 79.9. The van der Waals surface area contributed by atoms with Crippen LogP contribution in [0, 0.1) is 20.8 Å². The molecule has 0 saturated carbocycles. The predicted octanol–water partition coefficient (Wildman–Crippen LogP) is 5.28. The Bertz CT molecular complexity index is 695. The molecule has 1 atom stereocenters. The molecule has 2 aromatic rings. The number of fused-ring (bicyclic) bond motifs is 1. The quantitative estimate of drug-likeness (QED) is 0.662. The van der Waals surface area contributed by atoms with Crippen molar-refractivity contribution >= 4 is 15.9 Å². The van der Waals surface area contributed by atoms with Gasteiger partial charge in [0.25, 0.3) is 0 Å². The Morgan fingerprint density at radius 1 is 1.09 bits per heavy atom. The maximum Gasteiger partial charge on any atom is 0.126 e. The molecule has 1 aliphatic heterocycles. The van der Waals surface area contributed by atoms with E-state index >= 15 is 0 Å². The van der Waals surface area contributed by atoms with Gasteiger partial charge in [-0.3, -0.25) is 0 Å². The van der Waals surface area contributed by atoms with Crippen molar-refractivity contribution in [2.75, 3.05) is 5.33 Å². The second kappa shape index (κ2) is 6.96. The van der Waals surface area contributed by atoms with Crippen LogP contribution in [0.3, 0.4) is 0 Å². The van der Waals surface area contributed by atoms with E-state index < -0.39 is 0 Å². The van der Waals surface area contributed by atoms with Crippen LogP contribution in [0.1, 0.15) is 34.2 Å². The molecule has 23 heavy (non-hydrogen) atoms. The molecule has 3 rings (SSSR count). The minimum Gasteiger partial charge on any atom is -0.489 e. The van der Waals surface area contributed by atoms with Crippen LogP contribution in [-0.4, -0.2) is 11.4 Å². The lowest BCUT2D eigenvalue weighted by Crippen LogP contribution is -2.13. The van der Waals surface area contributed by atoms with Gasteiger partial charge in [0.1, 0.15) is 24.2 Å². The maximum atomic E-state index is 6.19. The van der Waals surface area contributed by atoms with Gasteiger partial charge >= 0.3 is 0 Å². The highest BCUT2D eigenvalue weighted by molar-refractivity contribution is 9.09. The van der Waals surface area contributed by atoms with E-state index in [0.717, 1.165) is 29.7 Å². The van der Waals surface area contributed by atoms with Crippen molar-refractivity contribution in [3.8, 4) is 11.5 Å². The second-order valence-corrected chi connectivity index (χ2v) is 7.00. The standard InChI is InChI=1S/C20H23BrO2/c1-13-14(2)20-18(11-17(23-20)9-10-21)15(3)19(13)22-12-16-7-5-4-6-8-16/h4-8,17H,9-12H2,1-3H3. The van der Waals surface area contributed by atoms with E-state index in [0.29, 0.717) is 6.61 Å². The molecule has 3 heteroatoms. The Labute approximate surface area is 146 Å². The summed E-state index contributed by atoms with van der Waals surface area (Å²) in [5.41, 5.74) is 6.15. The number of alkyl halides is 1. The normalized spacial score (nSPS) is 16.1. The number of benzene rings is 2. The molecule has 0 amide bonds. The van der Waals surface area contributed by atoms with Gasteiger partial charge in [0, 0.05) is 17.3 Å². The first-order valence-corrected chi connectivity index (χ1v) is 9.26. The zero-order valence-electron chi connectivity index (χ0n) is 14.0. The largest absolute Gasteiger partial charge is 0.489 e. The minimum atomic E-state index is 0.283. The minimum absolute atomic E-state index is 0.283. The van der Waals surface area contributed by atoms with Gasteiger partial charge in [-0.25, -0.2) is 0 Å². The molecule has 0 aromatic heterocycles. The number of halogens is 1. The summed E-state index contributed by atoms with van der Waals surface area (Å²) in [5.74, 6) is 2.10. The zero-order valence-corrected chi connectivity index (χ0v) is 15.6. The zero-order chi connectivity index (χ0) is 16.4. The smallest absolute Gasteiger partial charge is 0.126 e. The maximum absolute atomic E-state index is 6.19. The molecule has 0 radical (unpaired) electrons. The molecular formula is C20H23BrO2. The molecule has 1 heterocycles. The average Bonchev–Trinajstić information content (AvgIpc) is 2.98. The Kier molecular flexibility index (Phi) is 4.96. The Morgan fingerprint density at radius 2 is 1.83 bits per heavy atom. The molecule has 0 saturated heterocycles. The number of hydrogen-bond donors (Lipinski definition) is 0. The van der Waals surface area contributed by atoms with Crippen molar-refractivity contribution in [2.24, 2.45) is 0 Å². The van der Waals surface area contributed by atoms with Crippen molar-refractivity contribution in [3.05, 3.63) is 58.1 Å². The van der Waals surface area contributed by atoms with Gasteiger partial charge in [0.15, 0.2) is 0 Å². The van der Waals surface area contributed by atoms with E-state index in [1.54, 1.807) is 0 Å². The fraction of sp³-hybridized carbons (Fsp3) is 0.400. The summed E-state index contributed by atoms with van der Waals surface area (Å²) < 4.78 is 12.4. The van der Waals surface area contributed by atoms with E-state index in [-0.39, 0.29) is 6.10 Å². The third-order valence-electron chi connectivity index (χ3n) is 4.68. The number of hydrogen-bond acceptors (Lipinski definition) is 2. The topological polar surface area (TPSA) is 18.5 Å². The molecular weight excluding hydrogens is 352 g/mol. The fourth-order valence-electron chi connectivity index (χ4n) is 3.23. The molecule has 0 bridgehead atoms. The highest BCUT2D eigenvalue weighted by Gasteiger charge is 2.29. The first-order chi connectivity index (χ1) is 11.1. The van der Waals surface area contributed by atoms with Gasteiger partial charge in [0.05, 0.1) is 0 Å². The van der Waals surface area contributed by atoms with Gasteiger partial charge in [-0.05, 0) is 49.4 Å². The van der Waals surface area contributed by atoms with Gasteiger partial charge < -0.3 is 9.47 Å². The molecule has 122 valence electrons. The van der Waals surface area contributed by atoms with Crippen LogP contribution < -0.4 is 9.47 Å². The molecule has 0 spiro atoms. The Hall–Kier alpha value is -1.48. The van der Waals surface area contributed by atoms with E-state index in [1.807, 2.05) is 18.2 Å². The van der Waals surface area contributed by atoms with Crippen LogP contribution >= 0.6 is 15.9 Å². The van der Waals surface area contributed by atoms with E-state index in [4.69, 9.17) is 9.47 Å². The molecule has 0 aliphatic carbocycles. The van der Waals surface area contributed by atoms with E-state index in [9.17, 15) is 0 Å². The third kappa shape index (κ3) is 3.25. The van der Waals surface area contributed by atoms with E-state index in [2.05, 4.69) is 48.8 Å². The van der Waals surface area contributed by atoms with Crippen molar-refractivity contribution in [3.63, 3.8) is 0 Å². The lowest BCUT2D eigenvalue weighted by Gasteiger charge is -2.18. The first kappa shape index (κ1) is 16.4. The summed E-state index contributed by atoms with van der Waals surface area (Å²) >= 11 is 3.52. The van der Waals surface area contributed by atoms with Gasteiger partial charge in [-0.2, -0.15) is 0 Å². The molecule has 1 aliphatic rings. The molecule has 1 unspecified atom stereocenters. The van der Waals surface area contributed by atoms with Crippen LogP contribution in [0.5, 0.6) is 11.5 Å². The predicted molar refractivity (Wildman–Crippen MR) is 98.0 cm³/mol. The van der Waals surface area contributed by atoms with Crippen LogP contribution in [0.2, 0.25) is 0 Å². The van der Waals surface area contributed by atoms with Crippen molar-refractivity contribution in [1.29, 1.82) is 0 Å². The van der Waals surface area contributed by atoms with Gasteiger partial charge in [-0.1, -0.05) is 46.3 Å². The summed E-state index contributed by atoms with van der Waals surface area (Å²) in [7, 11) is 0. The summed E-state index contributed by atoms with van der Waals surface area (Å²) in [6.07, 6.45) is 2.30. The lowest BCUT2D eigenvalue weighted by atomic mass is 9.95. The molecule has 2 nitrogen and oxygen atoms in total. The first-order valence-electron chi connectivity index (χ1n) is 8.13.